The lowest BCUT2D eigenvalue weighted by Gasteiger charge is -2.33. The van der Waals surface area contributed by atoms with Crippen LogP contribution in [0.1, 0.15) is 25.5 Å². The van der Waals surface area contributed by atoms with Crippen molar-refractivity contribution in [3.8, 4) is 0 Å². The summed E-state index contributed by atoms with van der Waals surface area (Å²) in [7, 11) is 0. The van der Waals surface area contributed by atoms with E-state index in [9.17, 15) is 9.59 Å². The van der Waals surface area contributed by atoms with Gasteiger partial charge in [0.25, 0.3) is 0 Å². The molecular formula is C14H23N5O2S. The summed E-state index contributed by atoms with van der Waals surface area (Å²) in [6.45, 7) is 4.81. The molecule has 22 heavy (non-hydrogen) atoms. The minimum atomic E-state index is -0.350. The summed E-state index contributed by atoms with van der Waals surface area (Å²) in [5.41, 5.74) is 6.53. The number of carbonyl (C=O) groups excluding carboxylic acids is 2. The van der Waals surface area contributed by atoms with Crippen LogP contribution in [0.4, 0.5) is 5.13 Å². The number of piperazine rings is 1. The fourth-order valence-corrected chi connectivity index (χ4v) is 3.14. The number of thiazole rings is 1. The molecule has 0 aliphatic carbocycles. The molecule has 1 fully saturated rings. The van der Waals surface area contributed by atoms with Gasteiger partial charge >= 0.3 is 0 Å². The van der Waals surface area contributed by atoms with Gasteiger partial charge in [-0.1, -0.05) is 6.92 Å². The lowest BCUT2D eigenvalue weighted by atomic mass is 10.1. The molecule has 4 N–H and O–H groups in total. The van der Waals surface area contributed by atoms with E-state index in [0.717, 1.165) is 31.6 Å². The van der Waals surface area contributed by atoms with Crippen LogP contribution in [0.2, 0.25) is 0 Å². The van der Waals surface area contributed by atoms with Crippen LogP contribution in [-0.2, 0) is 16.0 Å². The van der Waals surface area contributed by atoms with E-state index in [1.54, 1.807) is 0 Å². The van der Waals surface area contributed by atoms with Crippen LogP contribution in [0.15, 0.2) is 5.38 Å². The Morgan fingerprint density at radius 2 is 2.45 bits per heavy atom. The molecule has 2 heterocycles. The van der Waals surface area contributed by atoms with Crippen molar-refractivity contribution in [1.82, 2.24) is 20.5 Å². The number of rotatable bonds is 7. The van der Waals surface area contributed by atoms with Crippen molar-refractivity contribution < 1.29 is 9.59 Å². The molecule has 0 aromatic carbocycles. The standard InChI is InChI=1S/C14H23N5O2S/c1-2-19-7-6-17-13(21)11(19)8-12(20)16-5-3-4-10-9-22-14(15)18-10/h9,11H,2-8H2,1H3,(H2,15,18)(H,16,20)(H,17,21). The van der Waals surface area contributed by atoms with E-state index in [1.807, 2.05) is 17.2 Å². The van der Waals surface area contributed by atoms with Gasteiger partial charge in [0.2, 0.25) is 11.8 Å². The maximum atomic E-state index is 12.0. The number of nitrogens with two attached hydrogens (primary N) is 1. The number of aryl methyl sites for hydroxylation is 1. The van der Waals surface area contributed by atoms with Gasteiger partial charge < -0.3 is 16.4 Å². The van der Waals surface area contributed by atoms with Crippen LogP contribution in [0.3, 0.4) is 0 Å². The minimum absolute atomic E-state index is 0.0544. The molecule has 0 spiro atoms. The second kappa shape index (κ2) is 8.09. The normalized spacial score (nSPS) is 19.0. The highest BCUT2D eigenvalue weighted by molar-refractivity contribution is 7.13. The van der Waals surface area contributed by atoms with Gasteiger partial charge in [-0.15, -0.1) is 11.3 Å². The van der Waals surface area contributed by atoms with Crippen molar-refractivity contribution >= 4 is 28.3 Å². The summed E-state index contributed by atoms with van der Waals surface area (Å²) >= 11 is 1.42. The van der Waals surface area contributed by atoms with Crippen molar-refractivity contribution in [1.29, 1.82) is 0 Å². The Kier molecular flexibility index (Phi) is 6.14. The second-order valence-electron chi connectivity index (χ2n) is 5.27. The molecule has 1 unspecified atom stereocenters. The number of likely N-dealkylation sites (N-methyl/N-ethyl adjacent to an activating group) is 1. The number of hydrogen-bond acceptors (Lipinski definition) is 6. The highest BCUT2D eigenvalue weighted by Crippen LogP contribution is 2.12. The summed E-state index contributed by atoms with van der Waals surface area (Å²) in [4.78, 5) is 30.1. The third kappa shape index (κ3) is 4.67. The van der Waals surface area contributed by atoms with Gasteiger partial charge in [-0.05, 0) is 19.4 Å². The summed E-state index contributed by atoms with van der Waals surface area (Å²) in [6, 6.07) is -0.350. The van der Waals surface area contributed by atoms with Crippen molar-refractivity contribution in [2.45, 2.75) is 32.2 Å². The Labute approximate surface area is 134 Å². The minimum Gasteiger partial charge on any atom is -0.375 e. The molecule has 0 saturated carbocycles. The molecule has 7 nitrogen and oxygen atoms in total. The first-order chi connectivity index (χ1) is 10.6. The number of amides is 2. The molecule has 1 aliphatic heterocycles. The van der Waals surface area contributed by atoms with E-state index in [0.29, 0.717) is 18.2 Å². The van der Waals surface area contributed by atoms with Crippen LogP contribution in [0.25, 0.3) is 0 Å². The quantitative estimate of drug-likeness (QED) is 0.612. The van der Waals surface area contributed by atoms with Gasteiger partial charge in [0.1, 0.15) is 0 Å². The smallest absolute Gasteiger partial charge is 0.237 e. The Balaban J connectivity index is 1.69. The first-order valence-electron chi connectivity index (χ1n) is 7.58. The van der Waals surface area contributed by atoms with E-state index in [1.165, 1.54) is 11.3 Å². The summed E-state index contributed by atoms with van der Waals surface area (Å²) in [6.07, 6.45) is 1.81. The third-order valence-corrected chi connectivity index (χ3v) is 4.45. The molecule has 2 rings (SSSR count). The van der Waals surface area contributed by atoms with E-state index < -0.39 is 0 Å². The summed E-state index contributed by atoms with van der Waals surface area (Å²) < 4.78 is 0. The van der Waals surface area contributed by atoms with Gasteiger partial charge in [0, 0.05) is 25.0 Å². The Bertz CT molecular complexity index is 519. The fourth-order valence-electron chi connectivity index (χ4n) is 2.55. The number of anilines is 1. The van der Waals surface area contributed by atoms with Crippen molar-refractivity contribution in [2.24, 2.45) is 0 Å². The molecule has 1 saturated heterocycles. The molecule has 2 amide bonds. The topological polar surface area (TPSA) is 100 Å². The molecule has 0 bridgehead atoms. The van der Waals surface area contributed by atoms with Gasteiger partial charge in [-0.2, -0.15) is 0 Å². The van der Waals surface area contributed by atoms with Crippen molar-refractivity contribution in [2.75, 3.05) is 31.9 Å². The SMILES string of the molecule is CCN1CCNC(=O)C1CC(=O)NCCCc1csc(N)n1. The largest absolute Gasteiger partial charge is 0.375 e. The Hall–Kier alpha value is -1.67. The number of carbonyl (C=O) groups is 2. The zero-order chi connectivity index (χ0) is 15.9. The number of aromatic nitrogens is 1. The van der Waals surface area contributed by atoms with E-state index in [2.05, 4.69) is 15.6 Å². The maximum absolute atomic E-state index is 12.0. The number of nitrogen functional groups attached to an aromatic ring is 1. The van der Waals surface area contributed by atoms with Gasteiger partial charge in [0.15, 0.2) is 5.13 Å². The monoisotopic (exact) mass is 325 g/mol. The first-order valence-corrected chi connectivity index (χ1v) is 8.46. The summed E-state index contributed by atoms with van der Waals surface area (Å²) in [5.74, 6) is -0.139. The van der Waals surface area contributed by atoms with Crippen LogP contribution in [-0.4, -0.2) is 53.9 Å². The zero-order valence-corrected chi connectivity index (χ0v) is 13.6. The molecule has 122 valence electrons. The van der Waals surface area contributed by atoms with Crippen LogP contribution >= 0.6 is 11.3 Å². The number of nitrogens with one attached hydrogen (secondary N) is 2. The molecule has 1 aromatic heterocycles. The third-order valence-electron chi connectivity index (χ3n) is 3.73. The van der Waals surface area contributed by atoms with E-state index >= 15 is 0 Å². The summed E-state index contributed by atoms with van der Waals surface area (Å²) in [5, 5.41) is 8.19. The first kappa shape index (κ1) is 16.7. The van der Waals surface area contributed by atoms with Gasteiger partial charge in [-0.25, -0.2) is 4.98 Å². The molecule has 0 radical (unpaired) electrons. The molecule has 1 aromatic rings. The van der Waals surface area contributed by atoms with Crippen molar-refractivity contribution in [3.63, 3.8) is 0 Å². The number of nitrogens with zero attached hydrogens (tertiary/aromatic N) is 2. The number of hydrogen-bond donors (Lipinski definition) is 3. The zero-order valence-electron chi connectivity index (χ0n) is 12.8. The molecule has 1 aliphatic rings. The van der Waals surface area contributed by atoms with Crippen molar-refractivity contribution in [3.05, 3.63) is 11.1 Å². The van der Waals surface area contributed by atoms with Gasteiger partial charge in [0.05, 0.1) is 18.2 Å². The predicted molar refractivity (Wildman–Crippen MR) is 86.5 cm³/mol. The molecule has 8 heteroatoms. The Morgan fingerprint density at radius 3 is 3.14 bits per heavy atom. The predicted octanol–water partition coefficient (Wildman–Crippen LogP) is -0.0155. The van der Waals surface area contributed by atoms with Crippen LogP contribution < -0.4 is 16.4 Å². The average Bonchev–Trinajstić information content (AvgIpc) is 2.91. The molecular weight excluding hydrogens is 302 g/mol. The second-order valence-corrected chi connectivity index (χ2v) is 6.16. The van der Waals surface area contributed by atoms with Crippen LogP contribution in [0, 0.1) is 0 Å². The van der Waals surface area contributed by atoms with Gasteiger partial charge in [-0.3, -0.25) is 14.5 Å². The Morgan fingerprint density at radius 1 is 1.64 bits per heavy atom. The van der Waals surface area contributed by atoms with Crippen LogP contribution in [0.5, 0.6) is 0 Å². The lowest BCUT2D eigenvalue weighted by molar-refractivity contribution is -0.133. The highest BCUT2D eigenvalue weighted by atomic mass is 32.1. The average molecular weight is 325 g/mol. The van der Waals surface area contributed by atoms with E-state index in [4.69, 9.17) is 5.73 Å². The van der Waals surface area contributed by atoms with E-state index in [-0.39, 0.29) is 24.3 Å². The maximum Gasteiger partial charge on any atom is 0.237 e. The molecule has 1 atom stereocenters. The highest BCUT2D eigenvalue weighted by Gasteiger charge is 2.30. The fraction of sp³-hybridized carbons (Fsp3) is 0.643. The lowest BCUT2D eigenvalue weighted by Crippen LogP contribution is -2.56.